The molecule has 3 unspecified atom stereocenters. The molecule has 64 heavy (non-hydrogen) atoms. The van der Waals surface area contributed by atoms with E-state index in [1.54, 1.807) is 0 Å². The van der Waals surface area contributed by atoms with E-state index in [9.17, 15) is 39.4 Å². The number of primary amides is 4. The Kier molecular flexibility index (Phi) is 12.5. The molecule has 0 bridgehead atoms. The Morgan fingerprint density at radius 1 is 0.516 bits per heavy atom. The molecule has 0 aliphatic carbocycles. The minimum atomic E-state index is -6.70. The summed E-state index contributed by atoms with van der Waals surface area (Å²) in [6.07, 6.45) is 0. The summed E-state index contributed by atoms with van der Waals surface area (Å²) in [5.41, 5.74) is 29.5. The molecule has 342 valence electrons. The van der Waals surface area contributed by atoms with E-state index in [4.69, 9.17) is 57.3 Å². The molecule has 3 atom stereocenters. The first-order valence-electron chi connectivity index (χ1n) is 17.3. The lowest BCUT2D eigenvalue weighted by atomic mass is 9.66. The average Bonchev–Trinajstić information content (AvgIpc) is 3.21. The molecule has 4 rings (SSSR count). The molecule has 4 aromatic carbocycles. The molecule has 0 radical (unpaired) electrons. The van der Waals surface area contributed by atoms with Gasteiger partial charge < -0.3 is 57.3 Å². The van der Waals surface area contributed by atoms with Gasteiger partial charge in [0, 0.05) is 51.3 Å². The number of nitrogens with zero attached hydrogens (tertiary/aromatic N) is 2. The van der Waals surface area contributed by atoms with E-state index >= 15 is 35.1 Å². The van der Waals surface area contributed by atoms with Gasteiger partial charge in [-0.25, -0.2) is 0 Å². The van der Waals surface area contributed by atoms with Crippen molar-refractivity contribution < 1.29 is 64.1 Å². The van der Waals surface area contributed by atoms with Crippen molar-refractivity contribution >= 4 is 46.4 Å². The molecule has 0 heterocycles. The molecule has 0 saturated heterocycles. The number of nitrogen functional groups attached to an aromatic ring is 2. The Labute approximate surface area is 352 Å². The smallest absolute Gasteiger partial charge is 0.338 e. The number of amides is 4. The number of nitro benzene ring substituents is 2. The first kappa shape index (κ1) is 49.1. The average molecular weight is 915 g/mol. The number of hydrogen-bond donors (Lipinski definition) is 10. The van der Waals surface area contributed by atoms with Crippen molar-refractivity contribution in [3.63, 3.8) is 0 Å². The van der Waals surface area contributed by atoms with Gasteiger partial charge in [0.2, 0.25) is 23.6 Å². The first-order valence-corrected chi connectivity index (χ1v) is 17.3. The number of halogens is 8. The summed E-state index contributed by atoms with van der Waals surface area (Å²) >= 11 is 0. The van der Waals surface area contributed by atoms with Crippen LogP contribution in [0.1, 0.15) is 69.7 Å². The van der Waals surface area contributed by atoms with Crippen LogP contribution in [0.3, 0.4) is 0 Å². The van der Waals surface area contributed by atoms with Crippen molar-refractivity contribution in [2.45, 2.75) is 46.9 Å². The van der Waals surface area contributed by atoms with Crippen LogP contribution >= 0.6 is 0 Å². The van der Waals surface area contributed by atoms with Crippen molar-refractivity contribution in [3.05, 3.63) is 138 Å². The third-order valence-corrected chi connectivity index (χ3v) is 10.4. The predicted molar refractivity (Wildman–Crippen MR) is 207 cm³/mol. The zero-order chi connectivity index (χ0) is 49.0. The molecule has 0 aromatic heterocycles. The number of alkyl halides is 8. The number of benzene rings is 4. The highest BCUT2D eigenvalue weighted by Crippen LogP contribution is 2.60. The molecular weight excluding hydrogens is 880 g/mol. The van der Waals surface area contributed by atoms with Gasteiger partial charge in [0.1, 0.15) is 17.6 Å². The Bertz CT molecular complexity index is 2560. The first-order chi connectivity index (χ1) is 29.2. The number of carbonyl (C=O) groups excluding carboxylic acids is 4. The monoisotopic (exact) mass is 914 g/mol. The molecular formula is C36H34F8N12O8. The third-order valence-electron chi connectivity index (χ3n) is 10.4. The fourth-order valence-corrected chi connectivity index (χ4v) is 6.87. The summed E-state index contributed by atoms with van der Waals surface area (Å²) in [7, 11) is 0. The SMILES string of the molecule is NC(=O)c1ccc(C(N)C(F)(F)C(F)(F)C(N)(c2ccc(C(N)=O)cc2N)C(N)C(F)(F)C(F)(F)C(N)(c2ccc(C(N)=O)cc2[N+](=O)[O-])c2ccc(C(N)=O)cc2[N+](=O)[O-])c(N)c1. The van der Waals surface area contributed by atoms with Crippen LogP contribution in [0.2, 0.25) is 0 Å². The van der Waals surface area contributed by atoms with E-state index in [1.165, 1.54) is 0 Å². The highest BCUT2D eigenvalue weighted by atomic mass is 19.3. The van der Waals surface area contributed by atoms with Crippen LogP contribution in [0.25, 0.3) is 0 Å². The van der Waals surface area contributed by atoms with Crippen molar-refractivity contribution in [1.29, 1.82) is 0 Å². The quantitative estimate of drug-likeness (QED) is 0.0312. The number of nitrogens with two attached hydrogens (primary N) is 10. The summed E-state index contributed by atoms with van der Waals surface area (Å²) in [5.74, 6) is -31.5. The van der Waals surface area contributed by atoms with Gasteiger partial charge in [0.25, 0.3) is 11.4 Å². The van der Waals surface area contributed by atoms with Gasteiger partial charge in [-0.2, -0.15) is 35.1 Å². The standard InChI is InChI=1S/C36H34F8N12O8/c37-33(38,25(47)17-5-1-13(26(48)57)9-21(17)45)36(43,44)32(54,18-6-2-14(27(49)58)10-22(18)46)30(52)34(39,40)35(41,42)31(53,19-7-3-15(28(50)59)11-23(19)55(61)62)20-8-4-16(29(51)60)12-24(20)56(63)64/h1-12,25,30H,45-47,52-54H2,(H2,48,57)(H2,49,58)(H2,50,59)(H2,51,60). The second-order valence-corrected chi connectivity index (χ2v) is 14.1. The van der Waals surface area contributed by atoms with E-state index in [0.717, 1.165) is 0 Å². The number of nitro groups is 2. The minimum Gasteiger partial charge on any atom is -0.398 e. The number of rotatable bonds is 17. The van der Waals surface area contributed by atoms with E-state index < -0.39 is 148 Å². The molecule has 0 fully saturated rings. The molecule has 0 aliphatic heterocycles. The van der Waals surface area contributed by atoms with Crippen LogP contribution < -0.4 is 57.3 Å². The molecule has 0 saturated carbocycles. The third kappa shape index (κ3) is 7.45. The van der Waals surface area contributed by atoms with Crippen LogP contribution in [0.5, 0.6) is 0 Å². The molecule has 20 N–H and O–H groups in total. The normalized spacial score (nSPS) is 14.5. The molecule has 20 nitrogen and oxygen atoms in total. The van der Waals surface area contributed by atoms with Gasteiger partial charge in [-0.05, 0) is 54.1 Å². The Morgan fingerprint density at radius 2 is 0.859 bits per heavy atom. The van der Waals surface area contributed by atoms with Gasteiger partial charge in [0.15, 0.2) is 5.54 Å². The second-order valence-electron chi connectivity index (χ2n) is 14.1. The lowest BCUT2D eigenvalue weighted by Crippen LogP contribution is -2.78. The van der Waals surface area contributed by atoms with Crippen molar-refractivity contribution in [1.82, 2.24) is 0 Å². The van der Waals surface area contributed by atoms with Crippen LogP contribution in [-0.2, 0) is 11.1 Å². The summed E-state index contributed by atoms with van der Waals surface area (Å²) in [6, 6.07) is -4.29. The molecule has 0 spiro atoms. The van der Waals surface area contributed by atoms with Crippen LogP contribution in [0.4, 0.5) is 57.9 Å². The topological polar surface area (TPSA) is 415 Å². The highest BCUT2D eigenvalue weighted by molar-refractivity contribution is 5.95. The zero-order valence-electron chi connectivity index (χ0n) is 32.0. The minimum absolute atomic E-state index is 0.103. The Morgan fingerprint density at radius 3 is 1.20 bits per heavy atom. The van der Waals surface area contributed by atoms with Gasteiger partial charge in [-0.3, -0.25) is 39.4 Å². The van der Waals surface area contributed by atoms with Crippen LogP contribution in [-0.4, -0.2) is 63.2 Å². The fourth-order valence-electron chi connectivity index (χ4n) is 6.87. The Hall–Kier alpha value is -7.56. The molecule has 0 aliphatic rings. The van der Waals surface area contributed by atoms with Gasteiger partial charge in [-0.1, -0.05) is 12.1 Å². The predicted octanol–water partition coefficient (Wildman–Crippen LogP) is 1.69. The number of hydrogen-bond acceptors (Lipinski definition) is 14. The maximum Gasteiger partial charge on any atom is 0.338 e. The second kappa shape index (κ2) is 16.3. The summed E-state index contributed by atoms with van der Waals surface area (Å²) in [6.45, 7) is 0. The lowest BCUT2D eigenvalue weighted by Gasteiger charge is -2.51. The van der Waals surface area contributed by atoms with Crippen LogP contribution in [0, 0.1) is 20.2 Å². The van der Waals surface area contributed by atoms with Crippen molar-refractivity contribution in [2.75, 3.05) is 11.5 Å². The highest BCUT2D eigenvalue weighted by Gasteiger charge is 2.81. The zero-order valence-corrected chi connectivity index (χ0v) is 32.0. The van der Waals surface area contributed by atoms with E-state index in [1.807, 2.05) is 0 Å². The van der Waals surface area contributed by atoms with E-state index in [0.29, 0.717) is 42.5 Å². The number of anilines is 2. The largest absolute Gasteiger partial charge is 0.398 e. The van der Waals surface area contributed by atoms with Gasteiger partial charge in [0.05, 0.1) is 21.0 Å². The van der Waals surface area contributed by atoms with Crippen molar-refractivity contribution in [2.24, 2.45) is 45.9 Å². The maximum absolute atomic E-state index is 17.6. The van der Waals surface area contributed by atoms with Gasteiger partial charge >= 0.3 is 23.7 Å². The maximum atomic E-state index is 17.6. The van der Waals surface area contributed by atoms with Crippen LogP contribution in [0.15, 0.2) is 72.8 Å². The number of carbonyl (C=O) groups is 4. The summed E-state index contributed by atoms with van der Waals surface area (Å²) < 4.78 is 137. The van der Waals surface area contributed by atoms with E-state index in [2.05, 4.69) is 0 Å². The molecule has 4 amide bonds. The van der Waals surface area contributed by atoms with Gasteiger partial charge in [-0.15, -0.1) is 0 Å². The summed E-state index contributed by atoms with van der Waals surface area (Å²) in [4.78, 5) is 68.9. The fraction of sp³-hybridized carbons (Fsp3) is 0.222. The molecule has 4 aromatic rings. The summed E-state index contributed by atoms with van der Waals surface area (Å²) in [5, 5.41) is 24.7. The lowest BCUT2D eigenvalue weighted by molar-refractivity contribution is -0.389. The molecule has 28 heteroatoms. The van der Waals surface area contributed by atoms with E-state index in [-0.39, 0.29) is 30.3 Å². The Balaban J connectivity index is 2.19. The van der Waals surface area contributed by atoms with Crippen molar-refractivity contribution in [3.8, 4) is 0 Å².